The van der Waals surface area contributed by atoms with Crippen LogP contribution in [0, 0.1) is 6.92 Å². The summed E-state index contributed by atoms with van der Waals surface area (Å²) >= 11 is 18.1. The monoisotopic (exact) mass is 385 g/mol. The van der Waals surface area contributed by atoms with Gasteiger partial charge in [0.15, 0.2) is 11.6 Å². The molecule has 2 aromatic rings. The van der Waals surface area contributed by atoms with Gasteiger partial charge in [-0.15, -0.1) is 0 Å². The second-order valence-corrected chi connectivity index (χ2v) is 7.97. The third kappa shape index (κ3) is 4.09. The van der Waals surface area contributed by atoms with E-state index in [1.807, 2.05) is 31.2 Å². The van der Waals surface area contributed by atoms with E-state index in [1.54, 1.807) is 0 Å². The average Bonchev–Trinajstić information content (AvgIpc) is 2.83. The molecule has 128 valence electrons. The summed E-state index contributed by atoms with van der Waals surface area (Å²) in [6, 6.07) is 7.87. The highest BCUT2D eigenvalue weighted by molar-refractivity contribution is 6.66. The number of rotatable bonds is 2. The summed E-state index contributed by atoms with van der Waals surface area (Å²) in [7, 11) is 0. The molecule has 1 N–H and O–H groups in total. The van der Waals surface area contributed by atoms with Crippen molar-refractivity contribution in [3.63, 3.8) is 0 Å². The Labute approximate surface area is 156 Å². The molecule has 0 radical (unpaired) electrons. The molecular weight excluding hydrogens is 369 g/mol. The Morgan fingerprint density at radius 3 is 2.58 bits per heavy atom. The van der Waals surface area contributed by atoms with Gasteiger partial charge in [0, 0.05) is 25.2 Å². The van der Waals surface area contributed by atoms with E-state index in [0.717, 1.165) is 43.7 Å². The third-order valence-electron chi connectivity index (χ3n) is 3.89. The number of hydrogen-bond donors (Lipinski definition) is 1. The fraction of sp³-hybridized carbons (Fsp3) is 0.438. The number of nitrogens with one attached hydrogen (secondary N) is 1. The van der Waals surface area contributed by atoms with Gasteiger partial charge in [-0.2, -0.15) is 9.97 Å². The highest BCUT2D eigenvalue weighted by Gasteiger charge is 2.29. The van der Waals surface area contributed by atoms with Crippen LogP contribution in [-0.4, -0.2) is 41.1 Å². The van der Waals surface area contributed by atoms with Gasteiger partial charge in [-0.25, -0.2) is 4.98 Å². The molecule has 1 fully saturated rings. The molecule has 1 aromatic carbocycles. The quantitative estimate of drug-likeness (QED) is 0.801. The maximum Gasteiger partial charge on any atom is 0.250 e. The molecule has 8 heteroatoms. The van der Waals surface area contributed by atoms with Crippen LogP contribution in [0.2, 0.25) is 0 Å². The van der Waals surface area contributed by atoms with E-state index in [1.165, 1.54) is 0 Å². The van der Waals surface area contributed by atoms with Gasteiger partial charge >= 0.3 is 0 Å². The van der Waals surface area contributed by atoms with Crippen molar-refractivity contribution in [2.75, 3.05) is 31.1 Å². The Morgan fingerprint density at radius 2 is 1.83 bits per heavy atom. The lowest BCUT2D eigenvalue weighted by Gasteiger charge is -2.22. The van der Waals surface area contributed by atoms with E-state index in [2.05, 4.69) is 25.2 Å². The van der Waals surface area contributed by atoms with Crippen molar-refractivity contribution < 1.29 is 0 Å². The molecule has 0 aliphatic carbocycles. The highest BCUT2D eigenvalue weighted by Crippen LogP contribution is 2.37. The Kier molecular flexibility index (Phi) is 5.45. The molecule has 0 bridgehead atoms. The van der Waals surface area contributed by atoms with Crippen molar-refractivity contribution in [1.82, 2.24) is 20.3 Å². The highest BCUT2D eigenvalue weighted by atomic mass is 35.6. The number of aryl methyl sites for hydroxylation is 1. The van der Waals surface area contributed by atoms with E-state index >= 15 is 0 Å². The van der Waals surface area contributed by atoms with Crippen LogP contribution >= 0.6 is 34.8 Å². The van der Waals surface area contributed by atoms with Crippen LogP contribution in [-0.2, 0) is 3.79 Å². The standard InChI is InChI=1S/C16H18Cl3N5/c1-11-5-2-3-6-12(11)13-21-14(16(17,18)19)23-15(22-13)24-9-4-7-20-8-10-24/h2-3,5-6,20H,4,7-10H2,1H3. The topological polar surface area (TPSA) is 53.9 Å². The minimum atomic E-state index is -1.70. The van der Waals surface area contributed by atoms with Crippen LogP contribution in [0.5, 0.6) is 0 Å². The van der Waals surface area contributed by atoms with Crippen molar-refractivity contribution >= 4 is 40.8 Å². The van der Waals surface area contributed by atoms with Crippen LogP contribution in [0.4, 0.5) is 5.95 Å². The maximum atomic E-state index is 6.05. The zero-order chi connectivity index (χ0) is 17.2. The zero-order valence-electron chi connectivity index (χ0n) is 13.3. The molecule has 2 heterocycles. The summed E-state index contributed by atoms with van der Waals surface area (Å²) in [4.78, 5) is 15.5. The third-order valence-corrected chi connectivity index (χ3v) is 4.39. The number of nitrogens with zero attached hydrogens (tertiary/aromatic N) is 4. The molecule has 0 saturated carbocycles. The van der Waals surface area contributed by atoms with Crippen LogP contribution in [0.25, 0.3) is 11.4 Å². The van der Waals surface area contributed by atoms with Gasteiger partial charge in [0.25, 0.3) is 0 Å². The minimum Gasteiger partial charge on any atom is -0.339 e. The molecular formula is C16H18Cl3N5. The predicted octanol–water partition coefficient (Wildman–Crippen LogP) is 3.47. The van der Waals surface area contributed by atoms with E-state index in [0.29, 0.717) is 11.8 Å². The number of alkyl halides is 3. The molecule has 0 atom stereocenters. The Morgan fingerprint density at radius 1 is 1.04 bits per heavy atom. The van der Waals surface area contributed by atoms with Crippen LogP contribution in [0.1, 0.15) is 17.8 Å². The predicted molar refractivity (Wildman–Crippen MR) is 98.9 cm³/mol. The first-order valence-corrected chi connectivity index (χ1v) is 8.93. The van der Waals surface area contributed by atoms with Crippen molar-refractivity contribution in [3.8, 4) is 11.4 Å². The first-order valence-electron chi connectivity index (χ1n) is 7.80. The number of hydrogen-bond acceptors (Lipinski definition) is 5. The lowest BCUT2D eigenvalue weighted by molar-refractivity contribution is 0.724. The number of benzene rings is 1. The van der Waals surface area contributed by atoms with Crippen LogP contribution in [0.3, 0.4) is 0 Å². The fourth-order valence-corrected chi connectivity index (χ4v) is 2.88. The first kappa shape index (κ1) is 17.7. The maximum absolute atomic E-state index is 6.05. The van der Waals surface area contributed by atoms with Gasteiger partial charge < -0.3 is 10.2 Å². The largest absolute Gasteiger partial charge is 0.339 e. The molecule has 0 amide bonds. The summed E-state index contributed by atoms with van der Waals surface area (Å²) in [5.41, 5.74) is 1.96. The molecule has 0 unspecified atom stereocenters. The summed E-state index contributed by atoms with van der Waals surface area (Å²) in [5, 5.41) is 3.36. The lowest BCUT2D eigenvalue weighted by atomic mass is 10.1. The van der Waals surface area contributed by atoms with E-state index in [9.17, 15) is 0 Å². The van der Waals surface area contributed by atoms with Crippen LogP contribution < -0.4 is 10.2 Å². The second-order valence-electron chi connectivity index (χ2n) is 5.69. The zero-order valence-corrected chi connectivity index (χ0v) is 15.5. The second kappa shape index (κ2) is 7.40. The van der Waals surface area contributed by atoms with E-state index in [4.69, 9.17) is 34.8 Å². The van der Waals surface area contributed by atoms with Gasteiger partial charge in [-0.1, -0.05) is 59.1 Å². The Hall–Kier alpha value is -1.14. The fourth-order valence-electron chi connectivity index (χ4n) is 2.62. The minimum absolute atomic E-state index is 0.146. The summed E-state index contributed by atoms with van der Waals surface area (Å²) < 4.78 is -1.70. The Balaban J connectivity index is 2.08. The molecule has 0 spiro atoms. The smallest absolute Gasteiger partial charge is 0.250 e. The summed E-state index contributed by atoms with van der Waals surface area (Å²) in [6.07, 6.45) is 1.01. The van der Waals surface area contributed by atoms with Gasteiger partial charge in [-0.3, -0.25) is 0 Å². The number of anilines is 1. The van der Waals surface area contributed by atoms with Gasteiger partial charge in [0.2, 0.25) is 9.74 Å². The SMILES string of the molecule is Cc1ccccc1-c1nc(N2CCCNCC2)nc(C(Cl)(Cl)Cl)n1. The van der Waals surface area contributed by atoms with Crippen molar-refractivity contribution in [2.45, 2.75) is 17.1 Å². The summed E-state index contributed by atoms with van der Waals surface area (Å²) in [5.74, 6) is 1.22. The summed E-state index contributed by atoms with van der Waals surface area (Å²) in [6.45, 7) is 5.50. The van der Waals surface area contributed by atoms with Gasteiger partial charge in [-0.05, 0) is 25.5 Å². The lowest BCUT2D eigenvalue weighted by Crippen LogP contribution is -2.30. The molecule has 24 heavy (non-hydrogen) atoms. The number of halogens is 3. The molecule has 1 aromatic heterocycles. The molecule has 1 aliphatic heterocycles. The molecule has 5 nitrogen and oxygen atoms in total. The number of aromatic nitrogens is 3. The van der Waals surface area contributed by atoms with Crippen LogP contribution in [0.15, 0.2) is 24.3 Å². The average molecular weight is 387 g/mol. The van der Waals surface area contributed by atoms with Crippen molar-refractivity contribution in [3.05, 3.63) is 35.7 Å². The van der Waals surface area contributed by atoms with Gasteiger partial charge in [0.05, 0.1) is 0 Å². The first-order chi connectivity index (χ1) is 11.4. The van der Waals surface area contributed by atoms with Gasteiger partial charge in [0.1, 0.15) is 0 Å². The molecule has 1 aliphatic rings. The van der Waals surface area contributed by atoms with E-state index < -0.39 is 3.79 Å². The van der Waals surface area contributed by atoms with Crippen molar-refractivity contribution in [1.29, 1.82) is 0 Å². The Bertz CT molecular complexity index is 709. The van der Waals surface area contributed by atoms with E-state index in [-0.39, 0.29) is 5.82 Å². The molecule has 3 rings (SSSR count). The molecule has 1 saturated heterocycles. The normalized spacial score (nSPS) is 16.1. The van der Waals surface area contributed by atoms with Crippen molar-refractivity contribution in [2.24, 2.45) is 0 Å².